The Bertz CT molecular complexity index is 6470. The molecule has 15 rings (SSSR count). The van der Waals surface area contributed by atoms with Gasteiger partial charge in [0.2, 0.25) is 41.5 Å². The average molecular weight is 2000 g/mol. The van der Waals surface area contributed by atoms with Crippen LogP contribution in [0.25, 0.3) is 66.2 Å². The topological polar surface area (TPSA) is 486 Å². The van der Waals surface area contributed by atoms with Crippen LogP contribution in [0.2, 0.25) is 0 Å². The molecular weight excluding hydrogens is 1870 g/mol. The third kappa shape index (κ3) is 30.5. The van der Waals surface area contributed by atoms with Crippen LogP contribution in [0.15, 0.2) is 109 Å². The second-order valence-electron chi connectivity index (χ2n) is 32.2. The zero-order chi connectivity index (χ0) is 107. The van der Waals surface area contributed by atoms with Crippen molar-refractivity contribution in [3.8, 4) is 34.5 Å². The number of hydrogen-bond acceptors (Lipinski definition) is 28. The zero-order valence-corrected chi connectivity index (χ0v) is 87.6. The number of carbonyl (C=O) groups is 12. The quantitative estimate of drug-likeness (QED) is 0.0302. The SMILES string of the molecule is CC.CC.CC.CC.CC.CC.CCOC(=O)c1cc2c3c(c1)nc(NC(C)=O)n3C/C=C/Cn1c(CC(C)=O)nc3cc(C(=O)O)cc(c31)OCCCO2.CCOC(=O)c1cc2c3c(c1)nc(NC(C)=O)n3C/C=C/Cn1c(CC(C)=O)nc3cc(C(=O)OC(C)(C)C)cc(c31)OCCCO2.CCOC(=O)c1cc2c3c(c1)nc(NC(C)=O)n3C/C=C/Cn1c(CC(C)=O)nc3cc(C(N)=O)cc(c31)OCCCO2. The van der Waals surface area contributed by atoms with Gasteiger partial charge in [0, 0.05) is 84.9 Å². The molecule has 0 fully saturated rings. The van der Waals surface area contributed by atoms with Crippen LogP contribution < -0.4 is 50.1 Å². The molecule has 6 aromatic heterocycles. The van der Waals surface area contributed by atoms with E-state index >= 15 is 0 Å². The van der Waals surface area contributed by atoms with Gasteiger partial charge in [-0.1, -0.05) is 120 Å². The Morgan fingerprint density at radius 2 is 0.538 bits per heavy atom. The van der Waals surface area contributed by atoms with Gasteiger partial charge >= 0.3 is 29.8 Å². The number of benzene rings is 6. The van der Waals surface area contributed by atoms with Gasteiger partial charge in [-0.15, -0.1) is 0 Å². The number of imidazole rings is 6. The summed E-state index contributed by atoms with van der Waals surface area (Å²) >= 11 is 0. The van der Waals surface area contributed by atoms with Crippen LogP contribution in [0.5, 0.6) is 34.5 Å². The first kappa shape index (κ1) is 116. The van der Waals surface area contributed by atoms with E-state index in [0.29, 0.717) is 170 Å². The molecule has 0 radical (unpaired) electrons. The third-order valence-electron chi connectivity index (χ3n) is 20.5. The molecule has 3 aliphatic rings. The van der Waals surface area contributed by atoms with Gasteiger partial charge in [0.1, 0.15) is 108 Å². The Labute approximate surface area is 843 Å². The number of rotatable bonds is 18. The Kier molecular flexibility index (Phi) is 45.2. The maximum Gasteiger partial charge on any atom is 0.338 e. The number of carboxylic acids is 1. The highest BCUT2D eigenvalue weighted by molar-refractivity contribution is 6.04. The van der Waals surface area contributed by atoms with Gasteiger partial charge in [-0.3, -0.25) is 49.5 Å². The van der Waals surface area contributed by atoms with Crippen LogP contribution in [-0.2, 0) is 106 Å². The lowest BCUT2D eigenvalue weighted by molar-refractivity contribution is -0.117. The van der Waals surface area contributed by atoms with E-state index in [9.17, 15) is 62.6 Å². The number of hydrogen-bond donors (Lipinski definition) is 5. The summed E-state index contributed by atoms with van der Waals surface area (Å²) in [4.78, 5) is 175. The molecule has 780 valence electrons. The first-order valence-electron chi connectivity index (χ1n) is 49.2. The summed E-state index contributed by atoms with van der Waals surface area (Å²) in [7, 11) is 0. The van der Waals surface area contributed by atoms with Crippen LogP contribution in [0.4, 0.5) is 17.8 Å². The fraction of sp³-hybridized carbons (Fsp3) is 0.434. The molecule has 0 bridgehead atoms. The molecule has 0 saturated heterocycles. The van der Waals surface area contributed by atoms with Crippen molar-refractivity contribution in [2.75, 3.05) is 75.4 Å². The number of nitrogens with one attached hydrogen (secondary N) is 3. The van der Waals surface area contributed by atoms with E-state index in [1.165, 1.54) is 53.7 Å². The minimum absolute atomic E-state index is 0.0155. The van der Waals surface area contributed by atoms with Crippen LogP contribution in [0, 0.1) is 0 Å². The highest BCUT2D eigenvalue weighted by Gasteiger charge is 2.30. The van der Waals surface area contributed by atoms with Crippen molar-refractivity contribution in [1.29, 1.82) is 0 Å². The van der Waals surface area contributed by atoms with Crippen LogP contribution in [0.3, 0.4) is 0 Å². The molecule has 39 heteroatoms. The predicted octanol–water partition coefficient (Wildman–Crippen LogP) is 18.1. The summed E-state index contributed by atoms with van der Waals surface area (Å²) in [5, 5.41) is 18.0. The van der Waals surface area contributed by atoms with Crippen LogP contribution in [-0.4, -0.2) is 198 Å². The number of carbonyl (C=O) groups excluding carboxylic acids is 11. The van der Waals surface area contributed by atoms with Gasteiger partial charge in [-0.25, -0.2) is 53.9 Å². The van der Waals surface area contributed by atoms with E-state index in [4.69, 9.17) is 58.1 Å². The summed E-state index contributed by atoms with van der Waals surface area (Å²) < 4.78 is 69.2. The number of ether oxygens (including phenoxy) is 10. The molecule has 6 N–H and O–H groups in total. The summed E-state index contributed by atoms with van der Waals surface area (Å²) in [6.07, 6.45) is 12.8. The summed E-state index contributed by atoms with van der Waals surface area (Å²) in [6.45, 7) is 46.8. The Morgan fingerprint density at radius 1 is 0.324 bits per heavy atom. The number of carboxylic acid groups (broad SMARTS) is 1. The van der Waals surface area contributed by atoms with E-state index in [2.05, 4.69) is 40.9 Å². The van der Waals surface area contributed by atoms with Crippen LogP contribution >= 0.6 is 0 Å². The molecule has 0 spiro atoms. The molecule has 3 aliphatic heterocycles. The average Bonchev–Trinajstić information content (AvgIpc) is 1.64. The molecule has 6 aromatic carbocycles. The van der Waals surface area contributed by atoms with Gasteiger partial charge in [0.15, 0.2) is 0 Å². The number of allylic oxidation sites excluding steroid dienone is 6. The first-order valence-corrected chi connectivity index (χ1v) is 49.2. The molecule has 0 aliphatic carbocycles. The summed E-state index contributed by atoms with van der Waals surface area (Å²) in [5.41, 5.74) is 12.5. The van der Waals surface area contributed by atoms with Crippen molar-refractivity contribution in [2.24, 2.45) is 5.73 Å². The minimum atomic E-state index is -1.13. The number of nitrogens with two attached hydrogens (primary N) is 1. The fourth-order valence-corrected chi connectivity index (χ4v) is 15.2. The van der Waals surface area contributed by atoms with Crippen molar-refractivity contribution in [3.05, 3.63) is 160 Å². The van der Waals surface area contributed by atoms with Gasteiger partial charge in [0.25, 0.3) is 0 Å². The molecule has 12 aromatic rings. The van der Waals surface area contributed by atoms with E-state index in [1.54, 1.807) is 116 Å². The largest absolute Gasteiger partial charge is 0.491 e. The highest BCUT2D eigenvalue weighted by atomic mass is 16.6. The lowest BCUT2D eigenvalue weighted by Gasteiger charge is -2.20. The Hall–Kier alpha value is -15.6. The summed E-state index contributed by atoms with van der Waals surface area (Å²) in [6, 6.07) is 19.0. The maximum atomic E-state index is 13.1. The molecule has 39 nitrogen and oxygen atoms in total. The number of primary amides is 1. The molecular formula is C106H138N16O23. The first-order chi connectivity index (χ1) is 69.6. The number of aromatic nitrogens is 12. The fourth-order valence-electron chi connectivity index (χ4n) is 15.2. The van der Waals surface area contributed by atoms with E-state index < -0.39 is 41.4 Å². The van der Waals surface area contributed by atoms with Crippen molar-refractivity contribution >= 4 is 155 Å². The number of Topliss-reactive ketones (excluding diaryl/α,β-unsaturated/α-hetero) is 3. The van der Waals surface area contributed by atoms with Gasteiger partial charge in [0.05, 0.1) is 140 Å². The molecule has 145 heavy (non-hydrogen) atoms. The number of anilines is 3. The number of nitrogens with zero attached hydrogens (tertiary/aromatic N) is 12. The van der Waals surface area contributed by atoms with Gasteiger partial charge in [-0.2, -0.15) is 0 Å². The van der Waals surface area contributed by atoms with Crippen molar-refractivity contribution in [3.63, 3.8) is 0 Å². The monoisotopic (exact) mass is 2000 g/mol. The highest BCUT2D eigenvalue weighted by Crippen LogP contribution is 2.39. The van der Waals surface area contributed by atoms with E-state index in [-0.39, 0.29) is 172 Å². The van der Waals surface area contributed by atoms with Gasteiger partial charge < -0.3 is 85.6 Å². The van der Waals surface area contributed by atoms with Crippen LogP contribution in [0.1, 0.15) is 265 Å². The zero-order valence-electron chi connectivity index (χ0n) is 87.6. The number of amides is 4. The standard InChI is InChI=1S/C34H39N5O8.C30H32N6O7.C30H31N5O8.6C2H6/c1-7-44-31(42)22-16-25-30-27(18-22)46-14-10-13-45-26-19-23(32(43)47-34(4,5)6)17-24-29(26)38(28(36-24)15-20(2)40)11-8-9-12-39(30)33(37-25)35-21(3)41;1-4-41-29(40)20-14-22-27-24(16-20)43-11-7-10-42-23-15-19(28(31)39)13-21-26(23)35(25(33-21)12-17(2)37)8-5-6-9-36(27)30(34-22)32-18(3)38;1-4-41-29(40)20-14-22-27-24(16-20)43-11-7-10-42-23-15-19(28(38)39)13-21-26(23)34(25(32-21)12-17(2)36)8-5-6-9-35(27)30(33-22)31-18(3)37;6*1-2/h8-9,16-19H,7,10-15H2,1-6H3,(H,35,37,41);5-6,13-16H,4,7-12H2,1-3H3,(H2,31,39)(H,32,34,38);5-6,13-16H,4,7-12H2,1-3H3,(H,38,39)(H,31,33,37);6*1-2H3/b9-8+;2*6-5+;;;;;;. The number of esters is 4. The van der Waals surface area contributed by atoms with E-state index in [0.717, 1.165) is 0 Å². The molecule has 0 saturated carbocycles. The lowest BCUT2D eigenvalue weighted by atomic mass is 10.1. The number of ketones is 3. The Balaban J connectivity index is 0.000000280. The molecule has 9 heterocycles. The van der Waals surface area contributed by atoms with Gasteiger partial charge in [-0.05, 0) is 135 Å². The molecule has 4 amide bonds. The number of aromatic carboxylic acids is 1. The Morgan fingerprint density at radius 3 is 0.766 bits per heavy atom. The van der Waals surface area contributed by atoms with E-state index in [1.807, 2.05) is 133 Å². The third-order valence-corrected chi connectivity index (χ3v) is 20.5. The van der Waals surface area contributed by atoms with Crippen molar-refractivity contribution < 1.29 is 110 Å². The normalized spacial score (nSPS) is 13.3. The summed E-state index contributed by atoms with van der Waals surface area (Å²) in [5.74, 6) is -0.288. The molecule has 0 unspecified atom stereocenters. The smallest absolute Gasteiger partial charge is 0.338 e. The lowest BCUT2D eigenvalue weighted by Crippen LogP contribution is -2.24. The minimum Gasteiger partial charge on any atom is -0.491 e. The second kappa shape index (κ2) is 56.3. The van der Waals surface area contributed by atoms with Crippen molar-refractivity contribution in [1.82, 2.24) is 57.3 Å². The predicted molar refractivity (Wildman–Crippen MR) is 555 cm³/mol. The molecule has 0 atom stereocenters. The second-order valence-corrected chi connectivity index (χ2v) is 32.2. The van der Waals surface area contributed by atoms with Crippen molar-refractivity contribution in [2.45, 2.75) is 250 Å². The maximum absolute atomic E-state index is 13.1.